The van der Waals surface area contributed by atoms with Crippen molar-refractivity contribution < 1.29 is 9.53 Å². The molecule has 0 fully saturated rings. The van der Waals surface area contributed by atoms with E-state index < -0.39 is 6.03 Å². The summed E-state index contributed by atoms with van der Waals surface area (Å²) in [6.45, 7) is 0.0219. The summed E-state index contributed by atoms with van der Waals surface area (Å²) in [5, 5.41) is 6.17. The number of urea groups is 1. The molecular formula is C13H11Cl2N3O2. The van der Waals surface area contributed by atoms with E-state index in [9.17, 15) is 4.79 Å². The van der Waals surface area contributed by atoms with Gasteiger partial charge in [-0.1, -0.05) is 23.2 Å². The third-order valence-corrected chi connectivity index (χ3v) is 2.74. The van der Waals surface area contributed by atoms with Gasteiger partial charge in [0.05, 0.1) is 0 Å². The van der Waals surface area contributed by atoms with Crippen LogP contribution in [0, 0.1) is 0 Å². The maximum Gasteiger partial charge on any atom is 0.323 e. The number of amides is 2. The summed E-state index contributed by atoms with van der Waals surface area (Å²) < 4.78 is 5.32. The maximum absolute atomic E-state index is 11.6. The van der Waals surface area contributed by atoms with E-state index in [1.54, 1.807) is 36.4 Å². The number of rotatable bonds is 4. The van der Waals surface area contributed by atoms with Gasteiger partial charge >= 0.3 is 6.03 Å². The molecule has 0 saturated heterocycles. The SMILES string of the molecule is O=C(NCOc1ccc(Cl)cc1)Nc1cc(Cl)ccn1. The maximum atomic E-state index is 11.6. The number of aromatic nitrogens is 1. The van der Waals surface area contributed by atoms with E-state index in [0.29, 0.717) is 21.6 Å². The van der Waals surface area contributed by atoms with Gasteiger partial charge in [-0.25, -0.2) is 9.78 Å². The average Bonchev–Trinajstić information content (AvgIpc) is 2.41. The van der Waals surface area contributed by atoms with E-state index in [0.717, 1.165) is 0 Å². The summed E-state index contributed by atoms with van der Waals surface area (Å²) in [6, 6.07) is 9.55. The number of hydrogen-bond donors (Lipinski definition) is 2. The normalized spacial score (nSPS) is 9.90. The Morgan fingerprint density at radius 3 is 2.60 bits per heavy atom. The van der Waals surface area contributed by atoms with Crippen molar-refractivity contribution in [1.82, 2.24) is 10.3 Å². The number of pyridine rings is 1. The Kier molecular flexibility index (Phi) is 5.03. The Morgan fingerprint density at radius 2 is 1.90 bits per heavy atom. The molecule has 2 N–H and O–H groups in total. The van der Waals surface area contributed by atoms with Crippen LogP contribution in [0.5, 0.6) is 5.75 Å². The molecule has 0 saturated carbocycles. The van der Waals surface area contributed by atoms with Crippen LogP contribution >= 0.6 is 23.2 Å². The lowest BCUT2D eigenvalue weighted by Gasteiger charge is -2.09. The highest BCUT2D eigenvalue weighted by molar-refractivity contribution is 6.31. The minimum Gasteiger partial charge on any atom is -0.473 e. The number of carbonyl (C=O) groups excluding carboxylic acids is 1. The molecule has 1 heterocycles. The van der Waals surface area contributed by atoms with Gasteiger partial charge in [0.15, 0.2) is 6.73 Å². The van der Waals surface area contributed by atoms with E-state index in [-0.39, 0.29) is 6.73 Å². The fourth-order valence-electron chi connectivity index (χ4n) is 1.35. The molecule has 20 heavy (non-hydrogen) atoms. The Hall–Kier alpha value is -1.98. The Labute approximate surface area is 125 Å². The van der Waals surface area contributed by atoms with Crippen LogP contribution in [-0.2, 0) is 0 Å². The lowest BCUT2D eigenvalue weighted by molar-refractivity contribution is 0.234. The highest BCUT2D eigenvalue weighted by Gasteiger charge is 2.02. The summed E-state index contributed by atoms with van der Waals surface area (Å²) in [4.78, 5) is 15.5. The number of nitrogens with zero attached hydrogens (tertiary/aromatic N) is 1. The van der Waals surface area contributed by atoms with Crippen LogP contribution in [0.3, 0.4) is 0 Å². The fourth-order valence-corrected chi connectivity index (χ4v) is 1.64. The van der Waals surface area contributed by atoms with Gasteiger partial charge in [0, 0.05) is 16.2 Å². The second-order valence-electron chi connectivity index (χ2n) is 3.73. The van der Waals surface area contributed by atoms with Gasteiger partial charge in [-0.3, -0.25) is 5.32 Å². The van der Waals surface area contributed by atoms with Crippen LogP contribution in [0.25, 0.3) is 0 Å². The third kappa shape index (κ3) is 4.60. The molecule has 0 aliphatic heterocycles. The molecule has 104 valence electrons. The number of hydrogen-bond acceptors (Lipinski definition) is 3. The topological polar surface area (TPSA) is 63.2 Å². The van der Waals surface area contributed by atoms with Crippen molar-refractivity contribution in [2.45, 2.75) is 0 Å². The van der Waals surface area contributed by atoms with E-state index in [1.165, 1.54) is 6.20 Å². The van der Waals surface area contributed by atoms with Crippen LogP contribution in [-0.4, -0.2) is 17.7 Å². The van der Waals surface area contributed by atoms with Gasteiger partial charge in [-0.15, -0.1) is 0 Å². The molecule has 2 rings (SSSR count). The number of benzene rings is 1. The highest BCUT2D eigenvalue weighted by atomic mass is 35.5. The van der Waals surface area contributed by atoms with Crippen LogP contribution in [0.1, 0.15) is 0 Å². The van der Waals surface area contributed by atoms with Crippen LogP contribution in [0.2, 0.25) is 10.0 Å². The van der Waals surface area contributed by atoms with Gasteiger partial charge in [0.1, 0.15) is 11.6 Å². The predicted molar refractivity (Wildman–Crippen MR) is 78.3 cm³/mol. The predicted octanol–water partition coefficient (Wildman–Crippen LogP) is 3.55. The summed E-state index contributed by atoms with van der Waals surface area (Å²) in [7, 11) is 0. The number of nitrogens with one attached hydrogen (secondary N) is 2. The molecule has 2 amide bonds. The van der Waals surface area contributed by atoms with Gasteiger partial charge in [-0.05, 0) is 36.4 Å². The minimum atomic E-state index is -0.436. The number of anilines is 1. The lowest BCUT2D eigenvalue weighted by Crippen LogP contribution is -2.32. The largest absolute Gasteiger partial charge is 0.473 e. The molecule has 0 aliphatic rings. The van der Waals surface area contributed by atoms with Crippen LogP contribution in [0.4, 0.5) is 10.6 Å². The van der Waals surface area contributed by atoms with E-state index in [1.807, 2.05) is 0 Å². The highest BCUT2D eigenvalue weighted by Crippen LogP contribution is 2.15. The average molecular weight is 312 g/mol. The van der Waals surface area contributed by atoms with Crippen molar-refractivity contribution >= 4 is 35.1 Å². The first-order chi connectivity index (χ1) is 9.63. The van der Waals surface area contributed by atoms with Crippen LogP contribution in [0.15, 0.2) is 42.6 Å². The number of carbonyl (C=O) groups is 1. The lowest BCUT2D eigenvalue weighted by atomic mass is 10.3. The molecule has 7 heteroatoms. The Balaban J connectivity index is 1.76. The molecule has 0 spiro atoms. The Bertz CT molecular complexity index is 590. The minimum absolute atomic E-state index is 0.0219. The summed E-state index contributed by atoms with van der Waals surface area (Å²) in [6.07, 6.45) is 1.50. The number of halogens is 2. The molecule has 1 aromatic carbocycles. The smallest absolute Gasteiger partial charge is 0.323 e. The first-order valence-electron chi connectivity index (χ1n) is 5.68. The van der Waals surface area contributed by atoms with Gasteiger partial charge in [-0.2, -0.15) is 0 Å². The van der Waals surface area contributed by atoms with E-state index in [2.05, 4.69) is 15.6 Å². The molecule has 1 aromatic heterocycles. The molecule has 0 aliphatic carbocycles. The van der Waals surface area contributed by atoms with Crippen molar-refractivity contribution in [2.24, 2.45) is 0 Å². The van der Waals surface area contributed by atoms with Crippen molar-refractivity contribution in [3.63, 3.8) is 0 Å². The van der Waals surface area contributed by atoms with Crippen molar-refractivity contribution in [2.75, 3.05) is 12.0 Å². The zero-order chi connectivity index (χ0) is 14.4. The quantitative estimate of drug-likeness (QED) is 0.849. The van der Waals surface area contributed by atoms with Crippen molar-refractivity contribution in [3.8, 4) is 5.75 Å². The fraction of sp³-hybridized carbons (Fsp3) is 0.0769. The zero-order valence-corrected chi connectivity index (χ0v) is 11.8. The van der Waals surface area contributed by atoms with Gasteiger partial charge in [0.25, 0.3) is 0 Å². The molecule has 2 aromatic rings. The van der Waals surface area contributed by atoms with Crippen LogP contribution < -0.4 is 15.4 Å². The zero-order valence-electron chi connectivity index (χ0n) is 10.3. The molecule has 0 unspecified atom stereocenters. The summed E-state index contributed by atoms with van der Waals surface area (Å²) in [5.41, 5.74) is 0. The standard InChI is InChI=1S/C13H11Cl2N3O2/c14-9-1-3-11(4-2-9)20-8-17-13(19)18-12-7-10(15)5-6-16-12/h1-7H,8H2,(H2,16,17,18,19). The van der Waals surface area contributed by atoms with E-state index in [4.69, 9.17) is 27.9 Å². The molecule has 0 radical (unpaired) electrons. The molecule has 0 atom stereocenters. The Morgan fingerprint density at radius 1 is 1.15 bits per heavy atom. The second kappa shape index (κ2) is 6.98. The number of ether oxygens (including phenoxy) is 1. The first kappa shape index (κ1) is 14.4. The van der Waals surface area contributed by atoms with Crippen molar-refractivity contribution in [3.05, 3.63) is 52.6 Å². The third-order valence-electron chi connectivity index (χ3n) is 2.25. The molecule has 5 nitrogen and oxygen atoms in total. The van der Waals surface area contributed by atoms with E-state index >= 15 is 0 Å². The monoisotopic (exact) mass is 311 g/mol. The summed E-state index contributed by atoms with van der Waals surface area (Å²) in [5.74, 6) is 0.970. The molecule has 0 bridgehead atoms. The first-order valence-corrected chi connectivity index (χ1v) is 6.44. The van der Waals surface area contributed by atoms with Gasteiger partial charge in [0.2, 0.25) is 0 Å². The molecular weight excluding hydrogens is 301 g/mol. The second-order valence-corrected chi connectivity index (χ2v) is 4.61. The van der Waals surface area contributed by atoms with Crippen molar-refractivity contribution in [1.29, 1.82) is 0 Å². The summed E-state index contributed by atoms with van der Waals surface area (Å²) >= 11 is 11.5. The van der Waals surface area contributed by atoms with Gasteiger partial charge < -0.3 is 10.1 Å².